The fraction of sp³-hybridized carbons (Fsp3) is 0.391. The number of nitrogens with two attached hydrogens (primary N) is 1. The lowest BCUT2D eigenvalue weighted by molar-refractivity contribution is -0.121. The second kappa shape index (κ2) is 7.71. The van der Waals surface area contributed by atoms with Crippen LogP contribution in [0.4, 0.5) is 5.82 Å². The minimum Gasteiger partial charge on any atom is -0.358 e. The Morgan fingerprint density at radius 3 is 2.82 bits per heavy atom. The number of likely N-dealkylation sites (N-methyl/N-ethyl adjacent to an activating group) is 1. The third kappa shape index (κ3) is 3.34. The molecule has 3 atom stereocenters. The summed E-state index contributed by atoms with van der Waals surface area (Å²) < 4.78 is 1.60. The van der Waals surface area contributed by atoms with E-state index in [-0.39, 0.29) is 18.5 Å². The predicted octanol–water partition coefficient (Wildman–Crippen LogP) is 2.83. The molecule has 3 aromatic heterocycles. The Hall–Kier alpha value is -3.17. The maximum Gasteiger partial charge on any atom is 0.241 e. The first-order chi connectivity index (χ1) is 16.0. The zero-order chi connectivity index (χ0) is 22.7. The molecule has 1 amide bonds. The summed E-state index contributed by atoms with van der Waals surface area (Å²) in [4.78, 5) is 27.1. The molecule has 10 heteroatoms. The summed E-state index contributed by atoms with van der Waals surface area (Å²) in [5.74, 6) is 0.790. The highest BCUT2D eigenvalue weighted by molar-refractivity contribution is 6.38. The van der Waals surface area contributed by atoms with Crippen LogP contribution in [0.2, 0.25) is 5.02 Å². The van der Waals surface area contributed by atoms with Crippen molar-refractivity contribution in [2.24, 2.45) is 5.73 Å². The number of fused-ring (bicyclic) bond motifs is 4. The van der Waals surface area contributed by atoms with Crippen molar-refractivity contribution in [3.8, 4) is 11.1 Å². The van der Waals surface area contributed by atoms with E-state index in [9.17, 15) is 4.79 Å². The predicted molar refractivity (Wildman–Crippen MR) is 128 cm³/mol. The smallest absolute Gasteiger partial charge is 0.241 e. The first kappa shape index (κ1) is 20.4. The van der Waals surface area contributed by atoms with Gasteiger partial charge in [-0.3, -0.25) is 9.48 Å². The quantitative estimate of drug-likeness (QED) is 0.427. The second-order valence-electron chi connectivity index (χ2n) is 9.01. The lowest BCUT2D eigenvalue weighted by Gasteiger charge is -2.38. The van der Waals surface area contributed by atoms with Crippen molar-refractivity contribution < 1.29 is 4.79 Å². The van der Waals surface area contributed by atoms with Crippen LogP contribution in [0, 0.1) is 0 Å². The molecule has 5 heterocycles. The Balaban J connectivity index is 1.36. The summed E-state index contributed by atoms with van der Waals surface area (Å²) in [5.41, 5.74) is 10.2. The lowest BCUT2D eigenvalue weighted by atomic mass is 9.98. The number of carbonyl (C=O) groups excluding carboxylic acids is 1. The van der Waals surface area contributed by atoms with E-state index in [1.807, 2.05) is 24.5 Å². The van der Waals surface area contributed by atoms with Crippen molar-refractivity contribution in [3.63, 3.8) is 0 Å². The largest absolute Gasteiger partial charge is 0.358 e. The minimum absolute atomic E-state index is 0.119. The molecule has 2 saturated heterocycles. The molecule has 170 valence electrons. The minimum atomic E-state index is -0.119. The molecular formula is C23H25ClN8O. The zero-order valence-electron chi connectivity index (χ0n) is 18.3. The highest BCUT2D eigenvalue weighted by Gasteiger charge is 2.40. The van der Waals surface area contributed by atoms with Gasteiger partial charge in [0.15, 0.2) is 5.65 Å². The van der Waals surface area contributed by atoms with E-state index in [0.717, 1.165) is 64.7 Å². The van der Waals surface area contributed by atoms with Crippen LogP contribution in [0.25, 0.3) is 33.2 Å². The van der Waals surface area contributed by atoms with E-state index >= 15 is 0 Å². The first-order valence-electron chi connectivity index (χ1n) is 11.3. The molecule has 0 aliphatic carbocycles. The van der Waals surface area contributed by atoms with Crippen molar-refractivity contribution in [1.82, 2.24) is 30.0 Å². The molecule has 4 aromatic rings. The number of aromatic amines is 1. The number of rotatable bonds is 4. The molecule has 0 unspecified atom stereocenters. The van der Waals surface area contributed by atoms with Crippen LogP contribution in [-0.4, -0.2) is 55.8 Å². The monoisotopic (exact) mass is 464 g/mol. The number of piperidine rings is 1. The van der Waals surface area contributed by atoms with E-state index in [1.54, 1.807) is 17.9 Å². The third-order valence-corrected chi connectivity index (χ3v) is 7.36. The van der Waals surface area contributed by atoms with E-state index < -0.39 is 0 Å². The fourth-order valence-electron chi connectivity index (χ4n) is 5.43. The summed E-state index contributed by atoms with van der Waals surface area (Å²) in [7, 11) is 1.60. The zero-order valence-corrected chi connectivity index (χ0v) is 19.0. The second-order valence-corrected chi connectivity index (χ2v) is 9.39. The number of hydrogen-bond acceptors (Lipinski definition) is 6. The van der Waals surface area contributed by atoms with Gasteiger partial charge in [-0.15, -0.1) is 0 Å². The van der Waals surface area contributed by atoms with Gasteiger partial charge < -0.3 is 20.9 Å². The lowest BCUT2D eigenvalue weighted by Crippen LogP contribution is -2.47. The van der Waals surface area contributed by atoms with Gasteiger partial charge in [-0.25, -0.2) is 9.97 Å². The van der Waals surface area contributed by atoms with Crippen LogP contribution >= 0.6 is 11.6 Å². The number of carbonyl (C=O) groups is 1. The number of benzene rings is 1. The molecule has 0 radical (unpaired) electrons. The first-order valence-corrected chi connectivity index (χ1v) is 11.6. The van der Waals surface area contributed by atoms with Gasteiger partial charge in [0.1, 0.15) is 17.9 Å². The Bertz CT molecular complexity index is 1360. The van der Waals surface area contributed by atoms with Crippen molar-refractivity contribution >= 4 is 45.4 Å². The maximum atomic E-state index is 11.7. The van der Waals surface area contributed by atoms with Crippen molar-refractivity contribution in [2.75, 3.05) is 11.9 Å². The molecule has 2 aliphatic heterocycles. The average molecular weight is 465 g/mol. The summed E-state index contributed by atoms with van der Waals surface area (Å²) >= 11 is 6.79. The van der Waals surface area contributed by atoms with Gasteiger partial charge >= 0.3 is 0 Å². The molecule has 2 fully saturated rings. The van der Waals surface area contributed by atoms with Crippen molar-refractivity contribution in [1.29, 1.82) is 0 Å². The van der Waals surface area contributed by atoms with Gasteiger partial charge in [-0.2, -0.15) is 5.10 Å². The number of H-pyrrole nitrogens is 1. The highest BCUT2D eigenvalue weighted by atomic mass is 35.5. The molecule has 33 heavy (non-hydrogen) atoms. The normalized spacial score (nSPS) is 22.4. The molecular weight excluding hydrogens is 440 g/mol. The van der Waals surface area contributed by atoms with Crippen LogP contribution in [0.5, 0.6) is 0 Å². The van der Waals surface area contributed by atoms with Crippen LogP contribution in [0.15, 0.2) is 30.7 Å². The summed E-state index contributed by atoms with van der Waals surface area (Å²) in [6, 6.07) is 5.02. The Labute approximate surface area is 195 Å². The summed E-state index contributed by atoms with van der Waals surface area (Å²) in [6.45, 7) is 0.140. The molecule has 1 aromatic carbocycles. The highest BCUT2D eigenvalue weighted by Crippen LogP contribution is 2.40. The van der Waals surface area contributed by atoms with Crippen LogP contribution < -0.4 is 16.0 Å². The van der Waals surface area contributed by atoms with Crippen LogP contribution in [0.3, 0.4) is 0 Å². The molecule has 4 N–H and O–H groups in total. The molecule has 2 aliphatic rings. The van der Waals surface area contributed by atoms with Gasteiger partial charge in [0.2, 0.25) is 5.91 Å². The number of nitrogens with one attached hydrogen (secondary N) is 2. The van der Waals surface area contributed by atoms with Gasteiger partial charge in [-0.1, -0.05) is 17.7 Å². The van der Waals surface area contributed by atoms with E-state index in [1.165, 1.54) is 0 Å². The van der Waals surface area contributed by atoms with E-state index in [4.69, 9.17) is 27.3 Å². The molecule has 6 rings (SSSR count). The average Bonchev–Trinajstić information content (AvgIpc) is 3.48. The topological polar surface area (TPSA) is 118 Å². The van der Waals surface area contributed by atoms with Gasteiger partial charge in [0.05, 0.1) is 16.7 Å². The molecule has 0 spiro atoms. The fourth-order valence-corrected chi connectivity index (χ4v) is 5.74. The third-order valence-electron chi connectivity index (χ3n) is 6.95. The number of halogens is 1. The van der Waals surface area contributed by atoms with Crippen LogP contribution in [-0.2, 0) is 11.3 Å². The van der Waals surface area contributed by atoms with E-state index in [0.29, 0.717) is 17.1 Å². The number of anilines is 1. The SMILES string of the molecule is CNC(=O)Cn1cc2c(Cl)c(-c3c[nH]c4nc(N5[C@@H]6CC[C@H]5C[C@@H](N)C6)cnc34)ccc2n1. The number of aromatic nitrogens is 5. The Morgan fingerprint density at radius 2 is 2.06 bits per heavy atom. The summed E-state index contributed by atoms with van der Waals surface area (Å²) in [6.07, 6.45) is 9.91. The number of hydrogen-bond donors (Lipinski definition) is 3. The van der Waals surface area contributed by atoms with Gasteiger partial charge in [-0.05, 0) is 31.7 Å². The van der Waals surface area contributed by atoms with Crippen molar-refractivity contribution in [3.05, 3.63) is 35.7 Å². The van der Waals surface area contributed by atoms with Crippen molar-refractivity contribution in [2.45, 2.75) is 50.4 Å². The Morgan fingerprint density at radius 1 is 1.27 bits per heavy atom. The molecule has 9 nitrogen and oxygen atoms in total. The maximum absolute atomic E-state index is 11.7. The molecule has 2 bridgehead atoms. The Kier molecular flexibility index (Phi) is 4.77. The van der Waals surface area contributed by atoms with Gasteiger partial charge in [0, 0.05) is 54.1 Å². The van der Waals surface area contributed by atoms with E-state index in [2.05, 4.69) is 20.3 Å². The van der Waals surface area contributed by atoms with Crippen LogP contribution in [0.1, 0.15) is 25.7 Å². The van der Waals surface area contributed by atoms with Gasteiger partial charge in [0.25, 0.3) is 0 Å². The molecule has 0 saturated carbocycles. The summed E-state index contributed by atoms with van der Waals surface area (Å²) in [5, 5.41) is 8.42. The number of nitrogens with zero attached hydrogens (tertiary/aromatic N) is 5. The number of amides is 1. The standard InChI is InChI=1S/C23H25ClN8O/c1-26-20(33)11-31-10-17-18(30-31)5-4-15(21(17)24)16-8-28-23-22(16)27-9-19(29-23)32-13-2-3-14(32)7-12(25)6-13/h4-5,8-10,12-14H,2-3,6-7,11,25H2,1H3,(H,26,33)(H,28,29)/t12-,13+,14-.